The highest BCUT2D eigenvalue weighted by molar-refractivity contribution is 7.91. The second kappa shape index (κ2) is 7.42. The maximum absolute atomic E-state index is 13.3. The number of hydrogen-bond acceptors (Lipinski definition) is 6. The van der Waals surface area contributed by atoms with Crippen molar-refractivity contribution in [1.82, 2.24) is 4.31 Å². The van der Waals surface area contributed by atoms with E-state index in [1.807, 2.05) is 24.3 Å². The van der Waals surface area contributed by atoms with Crippen molar-refractivity contribution in [2.24, 2.45) is 0 Å². The van der Waals surface area contributed by atoms with E-state index in [2.05, 4.69) is 5.32 Å². The van der Waals surface area contributed by atoms with Crippen LogP contribution >= 0.6 is 11.3 Å². The van der Waals surface area contributed by atoms with Crippen LogP contribution < -0.4 is 14.8 Å². The molecule has 2 aromatic carbocycles. The van der Waals surface area contributed by atoms with Crippen LogP contribution in [0.4, 0.5) is 5.69 Å². The summed E-state index contributed by atoms with van der Waals surface area (Å²) in [6.45, 7) is 0.286. The van der Waals surface area contributed by atoms with Crippen molar-refractivity contribution in [1.29, 1.82) is 0 Å². The zero-order valence-corrected chi connectivity index (χ0v) is 17.4. The Morgan fingerprint density at radius 3 is 2.63 bits per heavy atom. The molecule has 1 amide bonds. The van der Waals surface area contributed by atoms with Crippen LogP contribution in [0.25, 0.3) is 0 Å². The standard InChI is InChI=1S/C21H18N2O5S2/c24-21(22-16-7-8-18-19(11-16)28-13-27-18)17-10-14-4-1-2-5-15(14)12-23(17)30(25,26)20-6-3-9-29-20/h1-9,11,17H,10,12-13H2,(H,22,24)/t17-/m0/s1. The van der Waals surface area contributed by atoms with Gasteiger partial charge in [-0.05, 0) is 41.1 Å². The molecule has 1 aromatic heterocycles. The molecule has 0 bridgehead atoms. The topological polar surface area (TPSA) is 84.9 Å². The second-order valence-electron chi connectivity index (χ2n) is 7.03. The van der Waals surface area contributed by atoms with E-state index in [4.69, 9.17) is 9.47 Å². The molecule has 0 spiro atoms. The van der Waals surface area contributed by atoms with Crippen LogP contribution in [-0.4, -0.2) is 31.5 Å². The quantitative estimate of drug-likeness (QED) is 0.671. The number of sulfonamides is 1. The normalized spacial score (nSPS) is 18.1. The molecule has 154 valence electrons. The van der Waals surface area contributed by atoms with E-state index in [0.717, 1.165) is 22.5 Å². The molecule has 0 saturated carbocycles. The number of fused-ring (bicyclic) bond motifs is 2. The van der Waals surface area contributed by atoms with Crippen LogP contribution in [0.5, 0.6) is 11.5 Å². The number of anilines is 1. The molecule has 1 N–H and O–H groups in total. The fraction of sp³-hybridized carbons (Fsp3) is 0.190. The molecule has 2 aliphatic rings. The molecule has 3 aromatic rings. The number of benzene rings is 2. The molecule has 1 atom stereocenters. The highest BCUT2D eigenvalue weighted by Gasteiger charge is 2.40. The average Bonchev–Trinajstić information content (AvgIpc) is 3.44. The van der Waals surface area contributed by atoms with Gasteiger partial charge < -0.3 is 14.8 Å². The Kier molecular flexibility index (Phi) is 4.73. The van der Waals surface area contributed by atoms with Gasteiger partial charge in [0.2, 0.25) is 12.7 Å². The molecule has 0 aliphatic carbocycles. The van der Waals surface area contributed by atoms with Gasteiger partial charge in [0.15, 0.2) is 11.5 Å². The summed E-state index contributed by atoms with van der Waals surface area (Å²) in [7, 11) is -3.81. The first kappa shape index (κ1) is 19.1. The summed E-state index contributed by atoms with van der Waals surface area (Å²) < 4.78 is 38.8. The third-order valence-corrected chi connectivity index (χ3v) is 8.43. The Hall–Kier alpha value is -2.88. The summed E-state index contributed by atoms with van der Waals surface area (Å²) in [5.41, 5.74) is 2.40. The maximum Gasteiger partial charge on any atom is 0.253 e. The summed E-state index contributed by atoms with van der Waals surface area (Å²) in [6, 6.07) is 15.1. The molecule has 5 rings (SSSR count). The molecular weight excluding hydrogens is 424 g/mol. The number of carbonyl (C=O) groups excluding carboxylic acids is 1. The predicted octanol–water partition coefficient (Wildman–Crippen LogP) is 3.23. The van der Waals surface area contributed by atoms with Crippen molar-refractivity contribution >= 4 is 33.0 Å². The zero-order valence-electron chi connectivity index (χ0n) is 15.8. The molecule has 0 saturated heterocycles. The SMILES string of the molecule is O=C(Nc1ccc2c(c1)OCO2)[C@@H]1Cc2ccccc2CN1S(=O)(=O)c1cccs1. The van der Waals surface area contributed by atoms with E-state index in [1.54, 1.807) is 35.7 Å². The Bertz CT molecular complexity index is 1210. The minimum absolute atomic E-state index is 0.138. The van der Waals surface area contributed by atoms with E-state index < -0.39 is 16.1 Å². The van der Waals surface area contributed by atoms with Crippen LogP contribution in [0.15, 0.2) is 64.2 Å². The average molecular weight is 443 g/mol. The third kappa shape index (κ3) is 3.34. The molecule has 2 aliphatic heterocycles. The minimum Gasteiger partial charge on any atom is -0.454 e. The van der Waals surface area contributed by atoms with Gasteiger partial charge in [0.1, 0.15) is 10.3 Å². The maximum atomic E-state index is 13.3. The van der Waals surface area contributed by atoms with E-state index in [1.165, 1.54) is 4.31 Å². The second-order valence-corrected chi connectivity index (χ2v) is 10.1. The van der Waals surface area contributed by atoms with Gasteiger partial charge in [0.05, 0.1) is 0 Å². The lowest BCUT2D eigenvalue weighted by Gasteiger charge is -2.34. The van der Waals surface area contributed by atoms with Crippen molar-refractivity contribution in [3.8, 4) is 11.5 Å². The first-order valence-corrected chi connectivity index (χ1v) is 11.7. The lowest BCUT2D eigenvalue weighted by atomic mass is 9.95. The number of hydrogen-bond donors (Lipinski definition) is 1. The summed E-state index contributed by atoms with van der Waals surface area (Å²) >= 11 is 1.14. The van der Waals surface area contributed by atoms with Gasteiger partial charge in [-0.3, -0.25) is 4.79 Å². The lowest BCUT2D eigenvalue weighted by Crippen LogP contribution is -2.50. The number of nitrogens with zero attached hydrogens (tertiary/aromatic N) is 1. The van der Waals surface area contributed by atoms with Gasteiger partial charge in [-0.15, -0.1) is 11.3 Å². The van der Waals surface area contributed by atoms with Gasteiger partial charge in [-0.25, -0.2) is 8.42 Å². The smallest absolute Gasteiger partial charge is 0.253 e. The summed E-state index contributed by atoms with van der Waals surface area (Å²) in [5, 5.41) is 4.56. The molecule has 0 unspecified atom stereocenters. The summed E-state index contributed by atoms with van der Waals surface area (Å²) in [4.78, 5) is 13.2. The lowest BCUT2D eigenvalue weighted by molar-refractivity contribution is -0.120. The monoisotopic (exact) mass is 442 g/mol. The molecule has 7 nitrogen and oxygen atoms in total. The van der Waals surface area contributed by atoms with E-state index >= 15 is 0 Å². The molecule has 30 heavy (non-hydrogen) atoms. The van der Waals surface area contributed by atoms with Crippen LogP contribution in [0.1, 0.15) is 11.1 Å². The Labute approximate surface area is 177 Å². The van der Waals surface area contributed by atoms with Gasteiger partial charge in [0.25, 0.3) is 10.0 Å². The molecular formula is C21H18N2O5S2. The highest BCUT2D eigenvalue weighted by atomic mass is 32.2. The number of rotatable bonds is 4. The van der Waals surface area contributed by atoms with E-state index in [9.17, 15) is 13.2 Å². The number of carbonyl (C=O) groups is 1. The van der Waals surface area contributed by atoms with E-state index in [-0.39, 0.29) is 23.5 Å². The number of ether oxygens (including phenoxy) is 2. The summed E-state index contributed by atoms with van der Waals surface area (Å²) in [5.74, 6) is 0.773. The van der Waals surface area contributed by atoms with Crippen LogP contribution in [-0.2, 0) is 27.8 Å². The highest BCUT2D eigenvalue weighted by Crippen LogP contribution is 2.35. The van der Waals surface area contributed by atoms with Crippen molar-refractivity contribution in [2.75, 3.05) is 12.1 Å². The van der Waals surface area contributed by atoms with Crippen molar-refractivity contribution < 1.29 is 22.7 Å². The third-order valence-electron chi connectivity index (χ3n) is 5.21. The molecule has 0 radical (unpaired) electrons. The van der Waals surface area contributed by atoms with Crippen LogP contribution in [0.2, 0.25) is 0 Å². The zero-order chi connectivity index (χ0) is 20.7. The fourth-order valence-corrected chi connectivity index (χ4v) is 6.39. The van der Waals surface area contributed by atoms with Crippen LogP contribution in [0, 0.1) is 0 Å². The molecule has 0 fully saturated rings. The molecule has 9 heteroatoms. The largest absolute Gasteiger partial charge is 0.454 e. The van der Waals surface area contributed by atoms with Crippen LogP contribution in [0.3, 0.4) is 0 Å². The van der Waals surface area contributed by atoms with E-state index in [0.29, 0.717) is 23.6 Å². The fourth-order valence-electron chi connectivity index (χ4n) is 3.70. The van der Waals surface area contributed by atoms with Gasteiger partial charge in [-0.1, -0.05) is 30.3 Å². The van der Waals surface area contributed by atoms with Crippen molar-refractivity contribution in [3.05, 3.63) is 71.1 Å². The van der Waals surface area contributed by atoms with Gasteiger partial charge >= 0.3 is 0 Å². The van der Waals surface area contributed by atoms with Gasteiger partial charge in [-0.2, -0.15) is 4.31 Å². The Balaban J connectivity index is 1.48. The van der Waals surface area contributed by atoms with Crippen molar-refractivity contribution in [3.63, 3.8) is 0 Å². The first-order chi connectivity index (χ1) is 14.5. The van der Waals surface area contributed by atoms with Gasteiger partial charge in [0, 0.05) is 18.3 Å². The predicted molar refractivity (Wildman–Crippen MR) is 112 cm³/mol. The Morgan fingerprint density at radius 1 is 1.03 bits per heavy atom. The number of nitrogens with one attached hydrogen (secondary N) is 1. The van der Waals surface area contributed by atoms with Crippen molar-refractivity contribution in [2.45, 2.75) is 23.2 Å². The Morgan fingerprint density at radius 2 is 1.83 bits per heavy atom. The first-order valence-electron chi connectivity index (χ1n) is 9.35. The summed E-state index contributed by atoms with van der Waals surface area (Å²) in [6.07, 6.45) is 0.303. The number of thiophene rings is 1. The number of amides is 1. The minimum atomic E-state index is -3.81. The molecule has 3 heterocycles.